The molecule has 1 rings (SSSR count). The third-order valence-corrected chi connectivity index (χ3v) is 2.79. The Morgan fingerprint density at radius 2 is 2.00 bits per heavy atom. The Kier molecular flexibility index (Phi) is 6.19. The van der Waals surface area contributed by atoms with Crippen LogP contribution in [0.5, 0.6) is 0 Å². The van der Waals surface area contributed by atoms with E-state index in [2.05, 4.69) is 15.3 Å². The van der Waals surface area contributed by atoms with Crippen molar-refractivity contribution >= 4 is 11.8 Å². The van der Waals surface area contributed by atoms with E-state index >= 15 is 0 Å². The Balaban J connectivity index is 3.22. The van der Waals surface area contributed by atoms with Gasteiger partial charge in [-0.1, -0.05) is 6.92 Å². The summed E-state index contributed by atoms with van der Waals surface area (Å²) < 4.78 is 38.8. The highest BCUT2D eigenvalue weighted by atomic mass is 19.4. The van der Waals surface area contributed by atoms with Crippen LogP contribution in [-0.2, 0) is 6.18 Å². The van der Waals surface area contributed by atoms with Gasteiger partial charge in [0, 0.05) is 25.2 Å². The first-order valence-corrected chi connectivity index (χ1v) is 6.87. The molecule has 0 unspecified atom stereocenters. The summed E-state index contributed by atoms with van der Waals surface area (Å²) in [5.41, 5.74) is -0.991. The second kappa shape index (κ2) is 7.44. The molecule has 21 heavy (non-hydrogen) atoms. The maximum atomic E-state index is 12.9. The van der Waals surface area contributed by atoms with E-state index in [1.165, 1.54) is 0 Å². The van der Waals surface area contributed by atoms with E-state index in [1.54, 1.807) is 4.90 Å². The van der Waals surface area contributed by atoms with Crippen LogP contribution in [0.3, 0.4) is 0 Å². The maximum Gasteiger partial charge on any atom is 0.433 e. The molecule has 0 aliphatic rings. The highest BCUT2D eigenvalue weighted by molar-refractivity contribution is 5.46. The van der Waals surface area contributed by atoms with E-state index in [0.29, 0.717) is 6.54 Å². The van der Waals surface area contributed by atoms with E-state index in [1.807, 2.05) is 20.8 Å². The summed E-state index contributed by atoms with van der Waals surface area (Å²) in [5.74, 6) is 0.102. The number of hydrogen-bond donors (Lipinski definition) is 2. The molecule has 0 atom stereocenters. The van der Waals surface area contributed by atoms with Gasteiger partial charge in [-0.05, 0) is 20.3 Å². The Labute approximate surface area is 122 Å². The van der Waals surface area contributed by atoms with Crippen molar-refractivity contribution in [1.29, 1.82) is 0 Å². The van der Waals surface area contributed by atoms with Gasteiger partial charge in [0.25, 0.3) is 0 Å². The Hall–Kier alpha value is -1.57. The number of rotatable bonds is 7. The van der Waals surface area contributed by atoms with Crippen molar-refractivity contribution in [1.82, 2.24) is 9.97 Å². The average molecular weight is 306 g/mol. The van der Waals surface area contributed by atoms with E-state index in [0.717, 1.165) is 12.5 Å². The lowest BCUT2D eigenvalue weighted by Gasteiger charge is -2.27. The first-order chi connectivity index (χ1) is 9.79. The lowest BCUT2D eigenvalue weighted by molar-refractivity contribution is -0.141. The number of aromatic nitrogens is 2. The molecule has 0 saturated carbocycles. The molecular weight excluding hydrogens is 285 g/mol. The van der Waals surface area contributed by atoms with Crippen molar-refractivity contribution in [3.63, 3.8) is 0 Å². The molecule has 120 valence electrons. The number of halogens is 3. The third-order valence-electron chi connectivity index (χ3n) is 2.79. The van der Waals surface area contributed by atoms with Gasteiger partial charge in [0.05, 0.1) is 6.61 Å². The van der Waals surface area contributed by atoms with Crippen LogP contribution < -0.4 is 10.2 Å². The predicted molar refractivity (Wildman–Crippen MR) is 75.4 cm³/mol. The Morgan fingerprint density at radius 3 is 2.48 bits per heavy atom. The lowest BCUT2D eigenvalue weighted by Crippen LogP contribution is -2.34. The fourth-order valence-corrected chi connectivity index (χ4v) is 1.79. The van der Waals surface area contributed by atoms with Crippen LogP contribution in [0.2, 0.25) is 0 Å². The zero-order chi connectivity index (χ0) is 16.0. The van der Waals surface area contributed by atoms with Crippen molar-refractivity contribution in [3.05, 3.63) is 11.8 Å². The van der Waals surface area contributed by atoms with Crippen LogP contribution >= 0.6 is 0 Å². The molecule has 0 saturated heterocycles. The second-order valence-corrected chi connectivity index (χ2v) is 4.87. The number of hydrogen-bond acceptors (Lipinski definition) is 5. The molecule has 0 amide bonds. The van der Waals surface area contributed by atoms with E-state index in [4.69, 9.17) is 5.11 Å². The summed E-state index contributed by atoms with van der Waals surface area (Å²) in [6, 6.07) is 0.819. The van der Waals surface area contributed by atoms with Crippen LogP contribution in [0.4, 0.5) is 24.9 Å². The molecule has 0 aliphatic heterocycles. The van der Waals surface area contributed by atoms with Crippen LogP contribution in [-0.4, -0.2) is 40.8 Å². The van der Waals surface area contributed by atoms with E-state index in [-0.39, 0.29) is 31.0 Å². The molecule has 1 aromatic heterocycles. The number of nitrogens with one attached hydrogen (secondary N) is 1. The highest BCUT2D eigenvalue weighted by Crippen LogP contribution is 2.31. The summed E-state index contributed by atoms with van der Waals surface area (Å²) in [5, 5.41) is 11.8. The molecule has 1 aromatic rings. The topological polar surface area (TPSA) is 61.3 Å². The Morgan fingerprint density at radius 1 is 1.33 bits per heavy atom. The summed E-state index contributed by atoms with van der Waals surface area (Å²) in [7, 11) is 0. The van der Waals surface area contributed by atoms with Gasteiger partial charge in [-0.3, -0.25) is 0 Å². The molecule has 2 N–H and O–H groups in total. The molecule has 1 heterocycles. The fourth-order valence-electron chi connectivity index (χ4n) is 1.79. The summed E-state index contributed by atoms with van der Waals surface area (Å²) in [6.07, 6.45) is -3.79. The van der Waals surface area contributed by atoms with Gasteiger partial charge in [-0.15, -0.1) is 0 Å². The molecule has 0 spiro atoms. The summed E-state index contributed by atoms with van der Waals surface area (Å²) in [4.78, 5) is 9.23. The minimum absolute atomic E-state index is 0.0507. The normalized spacial score (nSPS) is 11.8. The van der Waals surface area contributed by atoms with Crippen LogP contribution in [0.25, 0.3) is 0 Å². The second-order valence-electron chi connectivity index (χ2n) is 4.87. The molecule has 8 heteroatoms. The first kappa shape index (κ1) is 17.5. The first-order valence-electron chi connectivity index (χ1n) is 6.87. The molecule has 0 aromatic carbocycles. The lowest BCUT2D eigenvalue weighted by atomic mass is 10.3. The number of aliphatic hydroxyl groups excluding tert-OH is 1. The minimum atomic E-state index is -4.54. The molecular formula is C13H21F3N4O. The monoisotopic (exact) mass is 306 g/mol. The van der Waals surface area contributed by atoms with Crippen LogP contribution in [0, 0.1) is 0 Å². The fraction of sp³-hybridized carbons (Fsp3) is 0.692. The average Bonchev–Trinajstić information content (AvgIpc) is 2.40. The molecule has 0 bridgehead atoms. The summed E-state index contributed by atoms with van der Waals surface area (Å²) in [6.45, 7) is 6.07. The standard InChI is InChI=1S/C13H21F3N4O/c1-4-5-17-12-18-10(13(14,15)16)8-11(19-12)20(6-7-21)9(2)3/h8-9,21H,4-7H2,1-3H3,(H,17,18,19). The predicted octanol–water partition coefficient (Wildman–Crippen LogP) is 2.52. The van der Waals surface area contributed by atoms with E-state index in [9.17, 15) is 13.2 Å². The number of aliphatic hydroxyl groups is 1. The number of alkyl halides is 3. The molecule has 0 fully saturated rings. The molecule has 0 aliphatic carbocycles. The van der Waals surface area contributed by atoms with Crippen molar-refractivity contribution in [2.75, 3.05) is 29.9 Å². The smallest absolute Gasteiger partial charge is 0.395 e. The van der Waals surface area contributed by atoms with Gasteiger partial charge in [0.1, 0.15) is 5.82 Å². The van der Waals surface area contributed by atoms with Gasteiger partial charge in [-0.2, -0.15) is 18.2 Å². The van der Waals surface area contributed by atoms with Gasteiger partial charge in [0.2, 0.25) is 5.95 Å². The highest BCUT2D eigenvalue weighted by Gasteiger charge is 2.34. The van der Waals surface area contributed by atoms with Crippen LogP contribution in [0.15, 0.2) is 6.07 Å². The largest absolute Gasteiger partial charge is 0.433 e. The SMILES string of the molecule is CCCNc1nc(N(CCO)C(C)C)cc(C(F)(F)F)n1. The zero-order valence-corrected chi connectivity index (χ0v) is 12.4. The van der Waals surface area contributed by atoms with Gasteiger partial charge < -0.3 is 15.3 Å². The van der Waals surface area contributed by atoms with Crippen LogP contribution in [0.1, 0.15) is 32.9 Å². The van der Waals surface area contributed by atoms with Crippen molar-refractivity contribution in [3.8, 4) is 0 Å². The van der Waals surface area contributed by atoms with E-state index < -0.39 is 11.9 Å². The van der Waals surface area contributed by atoms with Crippen molar-refractivity contribution in [2.24, 2.45) is 0 Å². The van der Waals surface area contributed by atoms with Gasteiger partial charge in [0.15, 0.2) is 5.69 Å². The third kappa shape index (κ3) is 5.04. The molecule has 5 nitrogen and oxygen atoms in total. The van der Waals surface area contributed by atoms with Gasteiger partial charge in [-0.25, -0.2) is 4.98 Å². The Bertz CT molecular complexity index is 452. The van der Waals surface area contributed by atoms with Crippen molar-refractivity contribution in [2.45, 2.75) is 39.4 Å². The number of anilines is 2. The number of nitrogens with zero attached hydrogens (tertiary/aromatic N) is 3. The summed E-state index contributed by atoms with van der Waals surface area (Å²) >= 11 is 0. The minimum Gasteiger partial charge on any atom is -0.395 e. The maximum absolute atomic E-state index is 12.9. The van der Waals surface area contributed by atoms with Gasteiger partial charge >= 0.3 is 6.18 Å². The molecule has 0 radical (unpaired) electrons. The zero-order valence-electron chi connectivity index (χ0n) is 12.4. The quantitative estimate of drug-likeness (QED) is 0.810. The van der Waals surface area contributed by atoms with Crippen molar-refractivity contribution < 1.29 is 18.3 Å².